The van der Waals surface area contributed by atoms with Gasteiger partial charge in [0, 0.05) is 38.2 Å². The highest BCUT2D eigenvalue weighted by molar-refractivity contribution is 7.09. The smallest absolute Gasteiger partial charge is 0.191 e. The Hall–Kier alpha value is -1.07. The lowest BCUT2D eigenvalue weighted by atomic mass is 9.67. The second-order valence-electron chi connectivity index (χ2n) is 7.06. The molecule has 1 unspecified atom stereocenters. The normalized spacial score (nSPS) is 18.0. The molecule has 1 saturated carbocycles. The van der Waals surface area contributed by atoms with Crippen molar-refractivity contribution in [2.24, 2.45) is 16.3 Å². The summed E-state index contributed by atoms with van der Waals surface area (Å²) in [6.45, 7) is 8.02. The molecule has 1 aromatic rings. The van der Waals surface area contributed by atoms with Crippen molar-refractivity contribution >= 4 is 17.3 Å². The average molecular weight is 352 g/mol. The molecule has 0 spiro atoms. The third-order valence-corrected chi connectivity index (χ3v) is 5.81. The lowest BCUT2D eigenvalue weighted by Gasteiger charge is -2.40. The van der Waals surface area contributed by atoms with E-state index in [-0.39, 0.29) is 0 Å². The largest absolute Gasteiger partial charge is 0.385 e. The van der Waals surface area contributed by atoms with Gasteiger partial charge in [0.2, 0.25) is 0 Å². The van der Waals surface area contributed by atoms with Crippen molar-refractivity contribution in [2.75, 3.05) is 33.4 Å². The minimum atomic E-state index is 0.376. The summed E-state index contributed by atoms with van der Waals surface area (Å²) in [4.78, 5) is 6.33. The van der Waals surface area contributed by atoms with Crippen LogP contribution in [0.3, 0.4) is 0 Å². The van der Waals surface area contributed by atoms with Gasteiger partial charge >= 0.3 is 0 Å². The number of thiophene rings is 1. The van der Waals surface area contributed by atoms with E-state index in [1.54, 1.807) is 7.11 Å². The molecule has 1 atom stereocenters. The number of aliphatic imine (C=N–C) groups is 1. The molecule has 1 aromatic heterocycles. The highest BCUT2D eigenvalue weighted by Crippen LogP contribution is 2.44. The van der Waals surface area contributed by atoms with Gasteiger partial charge in [-0.3, -0.25) is 4.99 Å². The van der Waals surface area contributed by atoms with Gasteiger partial charge in [0.1, 0.15) is 0 Å². The Balaban J connectivity index is 1.81. The summed E-state index contributed by atoms with van der Waals surface area (Å²) in [6, 6.07) is 4.35. The molecule has 1 heterocycles. The van der Waals surface area contributed by atoms with Crippen molar-refractivity contribution in [3.63, 3.8) is 0 Å². The predicted molar refractivity (Wildman–Crippen MR) is 104 cm³/mol. The van der Waals surface area contributed by atoms with Crippen LogP contribution in [0.2, 0.25) is 0 Å². The van der Waals surface area contributed by atoms with Crippen LogP contribution in [0.1, 0.15) is 44.4 Å². The first-order valence-corrected chi connectivity index (χ1v) is 10.1. The van der Waals surface area contributed by atoms with Crippen LogP contribution >= 0.6 is 11.3 Å². The molecule has 4 nitrogen and oxygen atoms in total. The third kappa shape index (κ3) is 6.10. The molecule has 0 bridgehead atoms. The van der Waals surface area contributed by atoms with E-state index in [1.165, 1.54) is 24.1 Å². The molecule has 0 aromatic carbocycles. The van der Waals surface area contributed by atoms with Gasteiger partial charge in [-0.25, -0.2) is 0 Å². The van der Waals surface area contributed by atoms with Gasteiger partial charge in [-0.15, -0.1) is 11.3 Å². The van der Waals surface area contributed by atoms with Crippen LogP contribution in [0.15, 0.2) is 22.5 Å². The van der Waals surface area contributed by atoms with E-state index >= 15 is 0 Å². The first kappa shape index (κ1) is 19.3. The second-order valence-corrected chi connectivity index (χ2v) is 8.09. The fraction of sp³-hybridized carbons (Fsp3) is 0.737. The van der Waals surface area contributed by atoms with Crippen LogP contribution < -0.4 is 10.6 Å². The molecule has 0 radical (unpaired) electrons. The first-order chi connectivity index (χ1) is 11.7. The Kier molecular flexibility index (Phi) is 8.06. The fourth-order valence-corrected chi connectivity index (χ4v) is 4.06. The van der Waals surface area contributed by atoms with Crippen molar-refractivity contribution in [1.29, 1.82) is 0 Å². The number of rotatable bonds is 10. The molecule has 1 aliphatic carbocycles. The minimum Gasteiger partial charge on any atom is -0.385 e. The van der Waals surface area contributed by atoms with E-state index in [2.05, 4.69) is 42.0 Å². The van der Waals surface area contributed by atoms with Crippen LogP contribution in [0.5, 0.6) is 0 Å². The van der Waals surface area contributed by atoms with E-state index in [1.807, 2.05) is 11.3 Å². The van der Waals surface area contributed by atoms with Gasteiger partial charge in [-0.05, 0) is 55.4 Å². The quantitative estimate of drug-likeness (QED) is 0.499. The predicted octanol–water partition coefficient (Wildman–Crippen LogP) is 3.69. The Morgan fingerprint density at radius 1 is 1.42 bits per heavy atom. The van der Waals surface area contributed by atoms with Gasteiger partial charge in [0.25, 0.3) is 0 Å². The zero-order valence-corrected chi connectivity index (χ0v) is 16.3. The lowest BCUT2D eigenvalue weighted by molar-refractivity contribution is 0.0778. The van der Waals surface area contributed by atoms with Gasteiger partial charge in [0.05, 0.1) is 0 Å². The van der Waals surface area contributed by atoms with Gasteiger partial charge in [0.15, 0.2) is 5.96 Å². The molecular weight excluding hydrogens is 318 g/mol. The maximum atomic E-state index is 5.28. The van der Waals surface area contributed by atoms with E-state index in [0.717, 1.165) is 45.0 Å². The summed E-state index contributed by atoms with van der Waals surface area (Å²) in [5.41, 5.74) is 0.376. The molecule has 0 aliphatic heterocycles. The maximum absolute atomic E-state index is 5.28. The standard InChI is InChI=1S/C19H33N3OS/c1-4-20-18(21-14-16(2)13-17-7-5-12-24-17)22-15-19(8-6-9-19)10-11-23-3/h5,7,12,16H,4,6,8-11,13-15H2,1-3H3,(H2,20,21,22). The zero-order chi connectivity index (χ0) is 17.3. The minimum absolute atomic E-state index is 0.376. The second kappa shape index (κ2) is 10.0. The fourth-order valence-electron chi connectivity index (χ4n) is 3.19. The van der Waals surface area contributed by atoms with Crippen LogP contribution in [0, 0.1) is 11.3 Å². The molecule has 5 heteroatoms. The summed E-state index contributed by atoms with van der Waals surface area (Å²) in [5.74, 6) is 1.55. The molecule has 2 rings (SSSR count). The van der Waals surface area contributed by atoms with Gasteiger partial charge in [-0.2, -0.15) is 0 Å². The highest BCUT2D eigenvalue weighted by atomic mass is 32.1. The molecular formula is C19H33N3OS. The molecule has 2 N–H and O–H groups in total. The van der Waals surface area contributed by atoms with Crippen LogP contribution in [0.4, 0.5) is 0 Å². The topological polar surface area (TPSA) is 45.7 Å². The highest BCUT2D eigenvalue weighted by Gasteiger charge is 2.36. The summed E-state index contributed by atoms with van der Waals surface area (Å²) in [6.07, 6.45) is 6.16. The Morgan fingerprint density at radius 3 is 2.83 bits per heavy atom. The number of hydrogen-bond donors (Lipinski definition) is 2. The number of methoxy groups -OCH3 is 1. The van der Waals surface area contributed by atoms with Gasteiger partial charge < -0.3 is 15.4 Å². The Labute approximate surface area is 151 Å². The van der Waals surface area contributed by atoms with Crippen molar-refractivity contribution in [3.05, 3.63) is 22.4 Å². The monoisotopic (exact) mass is 351 g/mol. The van der Waals surface area contributed by atoms with Crippen LogP contribution in [0.25, 0.3) is 0 Å². The van der Waals surface area contributed by atoms with E-state index in [0.29, 0.717) is 11.3 Å². The van der Waals surface area contributed by atoms with Crippen molar-refractivity contribution in [1.82, 2.24) is 10.6 Å². The van der Waals surface area contributed by atoms with E-state index < -0.39 is 0 Å². The number of nitrogens with zero attached hydrogens (tertiary/aromatic N) is 1. The summed E-state index contributed by atoms with van der Waals surface area (Å²) in [7, 11) is 1.79. The van der Waals surface area contributed by atoms with E-state index in [4.69, 9.17) is 9.73 Å². The third-order valence-electron chi connectivity index (χ3n) is 4.92. The summed E-state index contributed by atoms with van der Waals surface area (Å²) >= 11 is 1.84. The van der Waals surface area contributed by atoms with Crippen LogP contribution in [-0.2, 0) is 11.2 Å². The summed E-state index contributed by atoms with van der Waals surface area (Å²) < 4.78 is 5.28. The van der Waals surface area contributed by atoms with Crippen LogP contribution in [-0.4, -0.2) is 39.3 Å². The van der Waals surface area contributed by atoms with Crippen molar-refractivity contribution in [3.8, 4) is 0 Å². The number of ether oxygens (including phenoxy) is 1. The number of hydrogen-bond acceptors (Lipinski definition) is 3. The Morgan fingerprint density at radius 2 is 2.25 bits per heavy atom. The molecule has 1 fully saturated rings. The Bertz CT molecular complexity index is 483. The summed E-state index contributed by atoms with van der Waals surface area (Å²) in [5, 5.41) is 9.06. The SMILES string of the molecule is CCNC(=NCC1(CCOC)CCC1)NCC(C)Cc1cccs1. The first-order valence-electron chi connectivity index (χ1n) is 9.21. The van der Waals surface area contributed by atoms with Crippen molar-refractivity contribution in [2.45, 2.75) is 46.0 Å². The number of guanidine groups is 1. The van der Waals surface area contributed by atoms with Crippen molar-refractivity contribution < 1.29 is 4.74 Å². The lowest BCUT2D eigenvalue weighted by Crippen LogP contribution is -2.41. The molecule has 1 aliphatic rings. The average Bonchev–Trinajstić information content (AvgIpc) is 3.04. The number of nitrogens with one attached hydrogen (secondary N) is 2. The molecule has 0 amide bonds. The molecule has 24 heavy (non-hydrogen) atoms. The maximum Gasteiger partial charge on any atom is 0.191 e. The zero-order valence-electron chi connectivity index (χ0n) is 15.4. The van der Waals surface area contributed by atoms with Gasteiger partial charge in [-0.1, -0.05) is 19.4 Å². The van der Waals surface area contributed by atoms with E-state index in [9.17, 15) is 0 Å². The molecule has 136 valence electrons. The molecule has 0 saturated heterocycles.